The van der Waals surface area contributed by atoms with Crippen LogP contribution in [0.25, 0.3) is 11.0 Å². The molecule has 1 atom stereocenters. The first-order valence-corrected chi connectivity index (χ1v) is 9.20. The van der Waals surface area contributed by atoms with Crippen molar-refractivity contribution in [2.45, 2.75) is 6.42 Å². The number of hydrogen-bond donors (Lipinski definition) is 1. The number of carbonyl (C=O) groups excluding carboxylic acids is 2. The third-order valence-corrected chi connectivity index (χ3v) is 5.16. The molecule has 0 aliphatic carbocycles. The summed E-state index contributed by atoms with van der Waals surface area (Å²) in [6.07, 6.45) is 2.39. The molecule has 1 saturated heterocycles. The van der Waals surface area contributed by atoms with E-state index in [0.717, 1.165) is 16.7 Å². The van der Waals surface area contributed by atoms with Crippen molar-refractivity contribution in [1.29, 1.82) is 0 Å². The molecule has 1 aliphatic rings. The van der Waals surface area contributed by atoms with E-state index in [2.05, 4.69) is 10.3 Å². The number of ether oxygens (including phenoxy) is 1. The predicted octanol–water partition coefficient (Wildman–Crippen LogP) is 2.68. The molecule has 1 aliphatic heterocycles. The highest BCUT2D eigenvalue weighted by atomic mass is 16.5. The van der Waals surface area contributed by atoms with Crippen molar-refractivity contribution in [2.75, 3.05) is 25.5 Å². The topological polar surface area (TPSA) is 76.5 Å². The zero-order valence-corrected chi connectivity index (χ0v) is 15.9. The first-order chi connectivity index (χ1) is 13.5. The Morgan fingerprint density at radius 2 is 2.07 bits per heavy atom. The van der Waals surface area contributed by atoms with Gasteiger partial charge < -0.3 is 19.5 Å². The maximum absolute atomic E-state index is 12.7. The number of aryl methyl sites for hydroxylation is 1. The molecule has 4 rings (SSSR count). The number of amides is 2. The number of methoxy groups -OCH3 is 1. The number of anilines is 1. The summed E-state index contributed by atoms with van der Waals surface area (Å²) >= 11 is 0. The van der Waals surface area contributed by atoms with Gasteiger partial charge in [0.25, 0.3) is 5.91 Å². The van der Waals surface area contributed by atoms with E-state index in [1.165, 1.54) is 0 Å². The number of imidazole rings is 1. The lowest BCUT2D eigenvalue weighted by molar-refractivity contribution is -0.119. The van der Waals surface area contributed by atoms with Gasteiger partial charge in [-0.2, -0.15) is 0 Å². The van der Waals surface area contributed by atoms with Crippen LogP contribution >= 0.6 is 0 Å². The second-order valence-corrected chi connectivity index (χ2v) is 7.02. The van der Waals surface area contributed by atoms with Crippen molar-refractivity contribution in [1.82, 2.24) is 14.5 Å². The van der Waals surface area contributed by atoms with Crippen molar-refractivity contribution in [2.24, 2.45) is 13.0 Å². The summed E-state index contributed by atoms with van der Waals surface area (Å²) < 4.78 is 7.10. The minimum atomic E-state index is -0.225. The normalized spacial score (nSPS) is 16.4. The third-order valence-electron chi connectivity index (χ3n) is 5.16. The van der Waals surface area contributed by atoms with Crippen LogP contribution in [0.15, 0.2) is 48.8 Å². The summed E-state index contributed by atoms with van der Waals surface area (Å²) in [5.74, 6) is 0.273. The minimum Gasteiger partial charge on any atom is -0.497 e. The molecule has 7 nitrogen and oxygen atoms in total. The molecule has 2 heterocycles. The van der Waals surface area contributed by atoms with Crippen LogP contribution in [0.1, 0.15) is 16.8 Å². The molecule has 0 unspecified atom stereocenters. The fraction of sp³-hybridized carbons (Fsp3) is 0.286. The number of nitrogens with one attached hydrogen (secondary N) is 1. The van der Waals surface area contributed by atoms with E-state index < -0.39 is 0 Å². The Kier molecular flexibility index (Phi) is 4.73. The van der Waals surface area contributed by atoms with Gasteiger partial charge >= 0.3 is 0 Å². The maximum atomic E-state index is 12.7. The molecule has 144 valence electrons. The smallest absolute Gasteiger partial charge is 0.254 e. The van der Waals surface area contributed by atoms with Gasteiger partial charge in [-0.25, -0.2) is 4.98 Å². The molecule has 1 aromatic heterocycles. The van der Waals surface area contributed by atoms with Gasteiger partial charge in [-0.1, -0.05) is 6.07 Å². The Morgan fingerprint density at radius 3 is 2.89 bits per heavy atom. The van der Waals surface area contributed by atoms with Gasteiger partial charge in [0, 0.05) is 31.4 Å². The molecule has 1 fully saturated rings. The zero-order chi connectivity index (χ0) is 19.7. The number of benzene rings is 2. The van der Waals surface area contributed by atoms with E-state index in [1.807, 2.05) is 29.8 Å². The SMILES string of the molecule is COc1cccc(C(=O)N2CC[C@H](C(=O)Nc3ccc4ncn(C)c4c3)C2)c1. The van der Waals surface area contributed by atoms with Crippen LogP contribution in [0.2, 0.25) is 0 Å². The van der Waals surface area contributed by atoms with Gasteiger partial charge in [-0.05, 0) is 42.8 Å². The fourth-order valence-corrected chi connectivity index (χ4v) is 3.55. The number of hydrogen-bond acceptors (Lipinski definition) is 4. The second kappa shape index (κ2) is 7.34. The average molecular weight is 378 g/mol. The highest BCUT2D eigenvalue weighted by Crippen LogP contribution is 2.23. The first-order valence-electron chi connectivity index (χ1n) is 9.20. The van der Waals surface area contributed by atoms with Crippen LogP contribution in [0.4, 0.5) is 5.69 Å². The van der Waals surface area contributed by atoms with Crippen LogP contribution in [-0.2, 0) is 11.8 Å². The highest BCUT2D eigenvalue weighted by Gasteiger charge is 2.31. The molecule has 1 N–H and O–H groups in total. The van der Waals surface area contributed by atoms with Gasteiger partial charge in [0.15, 0.2) is 0 Å². The predicted molar refractivity (Wildman–Crippen MR) is 106 cm³/mol. The van der Waals surface area contributed by atoms with Crippen molar-refractivity contribution < 1.29 is 14.3 Å². The summed E-state index contributed by atoms with van der Waals surface area (Å²) in [6, 6.07) is 12.7. The number of carbonyl (C=O) groups is 2. The lowest BCUT2D eigenvalue weighted by Gasteiger charge is -2.17. The quantitative estimate of drug-likeness (QED) is 0.757. The largest absolute Gasteiger partial charge is 0.497 e. The Morgan fingerprint density at radius 1 is 1.21 bits per heavy atom. The van der Waals surface area contributed by atoms with Crippen LogP contribution in [-0.4, -0.2) is 46.5 Å². The molecule has 7 heteroatoms. The number of aromatic nitrogens is 2. The number of rotatable bonds is 4. The summed E-state index contributed by atoms with van der Waals surface area (Å²) in [5, 5.41) is 2.97. The van der Waals surface area contributed by atoms with Crippen LogP contribution in [0, 0.1) is 5.92 Å². The van der Waals surface area contributed by atoms with Crippen LogP contribution < -0.4 is 10.1 Å². The Balaban J connectivity index is 1.42. The van der Waals surface area contributed by atoms with Gasteiger partial charge in [0.05, 0.1) is 30.4 Å². The van der Waals surface area contributed by atoms with E-state index in [-0.39, 0.29) is 17.7 Å². The lowest BCUT2D eigenvalue weighted by atomic mass is 10.1. The molecule has 2 aromatic carbocycles. The molecule has 28 heavy (non-hydrogen) atoms. The molecular formula is C21H22N4O3. The van der Waals surface area contributed by atoms with E-state index in [1.54, 1.807) is 42.6 Å². The van der Waals surface area contributed by atoms with Crippen molar-refractivity contribution >= 4 is 28.5 Å². The Hall–Kier alpha value is -3.35. The van der Waals surface area contributed by atoms with E-state index >= 15 is 0 Å². The Labute approximate surface area is 162 Å². The summed E-state index contributed by atoms with van der Waals surface area (Å²) in [7, 11) is 3.49. The summed E-state index contributed by atoms with van der Waals surface area (Å²) in [6.45, 7) is 0.977. The van der Waals surface area contributed by atoms with Crippen LogP contribution in [0.3, 0.4) is 0 Å². The zero-order valence-electron chi connectivity index (χ0n) is 15.9. The number of nitrogens with zero attached hydrogens (tertiary/aromatic N) is 3. The van der Waals surface area contributed by atoms with Crippen molar-refractivity contribution in [3.63, 3.8) is 0 Å². The minimum absolute atomic E-state index is 0.0672. The molecule has 3 aromatic rings. The van der Waals surface area contributed by atoms with Crippen molar-refractivity contribution in [3.05, 3.63) is 54.4 Å². The van der Waals surface area contributed by atoms with Gasteiger partial charge in [-0.15, -0.1) is 0 Å². The molecule has 2 amide bonds. The number of likely N-dealkylation sites (tertiary alicyclic amines) is 1. The fourth-order valence-electron chi connectivity index (χ4n) is 3.55. The molecular weight excluding hydrogens is 356 g/mol. The summed E-state index contributed by atoms with van der Waals surface area (Å²) in [5.41, 5.74) is 3.15. The summed E-state index contributed by atoms with van der Waals surface area (Å²) in [4.78, 5) is 31.4. The molecule has 0 radical (unpaired) electrons. The highest BCUT2D eigenvalue weighted by molar-refractivity contribution is 5.97. The molecule has 0 spiro atoms. The van der Waals surface area contributed by atoms with E-state index in [0.29, 0.717) is 30.8 Å². The van der Waals surface area contributed by atoms with E-state index in [4.69, 9.17) is 4.74 Å². The van der Waals surface area contributed by atoms with Gasteiger partial charge in [-0.3, -0.25) is 9.59 Å². The maximum Gasteiger partial charge on any atom is 0.254 e. The number of fused-ring (bicyclic) bond motifs is 1. The van der Waals surface area contributed by atoms with Gasteiger partial charge in [0.2, 0.25) is 5.91 Å². The Bertz CT molecular complexity index is 1040. The lowest BCUT2D eigenvalue weighted by Crippen LogP contribution is -2.31. The third kappa shape index (κ3) is 3.43. The molecule has 0 saturated carbocycles. The molecule has 0 bridgehead atoms. The second-order valence-electron chi connectivity index (χ2n) is 7.02. The van der Waals surface area contributed by atoms with Crippen molar-refractivity contribution in [3.8, 4) is 5.75 Å². The van der Waals surface area contributed by atoms with Gasteiger partial charge in [0.1, 0.15) is 5.75 Å². The average Bonchev–Trinajstić information content (AvgIpc) is 3.35. The first kappa shape index (κ1) is 18.0. The monoisotopic (exact) mass is 378 g/mol. The standard InChI is InChI=1S/C21H22N4O3/c1-24-13-22-18-7-6-16(11-19(18)24)23-20(26)15-8-9-25(12-15)21(27)14-4-3-5-17(10-14)28-2/h3-7,10-11,13,15H,8-9,12H2,1-2H3,(H,23,26)/t15-/m0/s1. The van der Waals surface area contributed by atoms with E-state index in [9.17, 15) is 9.59 Å². The van der Waals surface area contributed by atoms with Crippen LogP contribution in [0.5, 0.6) is 5.75 Å².